The number of hydrogen-bond donors (Lipinski definition) is 2. The van der Waals surface area contributed by atoms with Gasteiger partial charge in [-0.1, -0.05) is 12.1 Å². The minimum Gasteiger partial charge on any atom is -0.320 e. The van der Waals surface area contributed by atoms with Crippen molar-refractivity contribution in [2.45, 2.75) is 18.6 Å². The number of alkyl halides is 3. The van der Waals surface area contributed by atoms with Crippen molar-refractivity contribution >= 4 is 11.6 Å². The number of rotatable bonds is 4. The molecule has 0 saturated carbocycles. The average Bonchev–Trinajstić information content (AvgIpc) is 2.63. The first-order valence-electron chi connectivity index (χ1n) is 7.46. The summed E-state index contributed by atoms with van der Waals surface area (Å²) in [5.74, 6) is -11.5. The first kappa shape index (κ1) is 21.2. The van der Waals surface area contributed by atoms with Gasteiger partial charge in [0, 0.05) is 0 Å². The van der Waals surface area contributed by atoms with Crippen LogP contribution in [0.3, 0.4) is 0 Å². The third-order valence-electron chi connectivity index (χ3n) is 3.67. The predicted molar refractivity (Wildman–Crippen MR) is 82.7 cm³/mol. The van der Waals surface area contributed by atoms with Crippen molar-refractivity contribution in [1.29, 1.82) is 5.26 Å². The molecule has 0 heterocycles. The van der Waals surface area contributed by atoms with Gasteiger partial charge in [-0.15, -0.1) is 0 Å². The van der Waals surface area contributed by atoms with E-state index in [1.807, 2.05) is 6.07 Å². The molecule has 148 valence electrons. The van der Waals surface area contributed by atoms with Gasteiger partial charge < -0.3 is 11.1 Å². The number of nitrogens with zero attached hydrogens (tertiary/aromatic N) is 1. The van der Waals surface area contributed by atoms with E-state index in [0.717, 1.165) is 0 Å². The van der Waals surface area contributed by atoms with E-state index in [9.17, 15) is 35.5 Å². The molecular formula is C17H10F7N3O. The van der Waals surface area contributed by atoms with Gasteiger partial charge in [-0.05, 0) is 24.1 Å². The molecule has 4 nitrogen and oxygen atoms in total. The van der Waals surface area contributed by atoms with Crippen molar-refractivity contribution in [3.05, 3.63) is 64.2 Å². The fourth-order valence-electron chi connectivity index (χ4n) is 2.27. The van der Waals surface area contributed by atoms with E-state index < -0.39 is 52.6 Å². The van der Waals surface area contributed by atoms with Crippen LogP contribution in [0.15, 0.2) is 24.3 Å². The lowest BCUT2D eigenvalue weighted by Gasteiger charge is -2.16. The average molecular weight is 405 g/mol. The highest BCUT2D eigenvalue weighted by Crippen LogP contribution is 2.38. The predicted octanol–water partition coefficient (Wildman–Crippen LogP) is 3.64. The Hall–Kier alpha value is -3.13. The number of anilines is 1. The Bertz CT molecular complexity index is 920. The molecule has 0 bridgehead atoms. The van der Waals surface area contributed by atoms with E-state index in [-0.39, 0.29) is 6.42 Å². The van der Waals surface area contributed by atoms with Crippen molar-refractivity contribution in [2.24, 2.45) is 5.73 Å². The molecule has 0 radical (unpaired) electrons. The van der Waals surface area contributed by atoms with Crippen LogP contribution in [0.5, 0.6) is 0 Å². The summed E-state index contributed by atoms with van der Waals surface area (Å²) in [4.78, 5) is 12.0. The summed E-state index contributed by atoms with van der Waals surface area (Å²) in [6.07, 6.45) is -5.88. The lowest BCUT2D eigenvalue weighted by atomic mass is 10.0. The van der Waals surface area contributed by atoms with E-state index in [2.05, 4.69) is 0 Å². The second kappa shape index (κ2) is 7.85. The third kappa shape index (κ3) is 4.23. The summed E-state index contributed by atoms with van der Waals surface area (Å²) < 4.78 is 92.4. The number of benzene rings is 2. The summed E-state index contributed by atoms with van der Waals surface area (Å²) in [6, 6.07) is 6.13. The second-order valence-electron chi connectivity index (χ2n) is 5.61. The highest BCUT2D eigenvalue weighted by atomic mass is 19.4. The fraction of sp³-hybridized carbons (Fsp3) is 0.176. The Kier molecular flexibility index (Phi) is 5.94. The number of nitrogens with one attached hydrogen (secondary N) is 1. The lowest BCUT2D eigenvalue weighted by molar-refractivity contribution is -0.143. The monoisotopic (exact) mass is 405 g/mol. The maximum absolute atomic E-state index is 13.8. The molecule has 11 heteroatoms. The molecule has 0 aromatic heterocycles. The van der Waals surface area contributed by atoms with Crippen LogP contribution in [-0.4, -0.2) is 11.9 Å². The van der Waals surface area contributed by atoms with Gasteiger partial charge in [0.15, 0.2) is 23.3 Å². The minimum atomic E-state index is -5.69. The number of carbonyl (C=O) groups is 1. The highest BCUT2D eigenvalue weighted by molar-refractivity contribution is 5.95. The maximum atomic E-state index is 13.8. The standard InChI is InChI=1S/C17H10F7N3O/c18-11-10(17(22,23)24)12(19)14(21)15(13(11)20)27-16(28)9(26)5-7-1-3-8(6-25)4-2-7/h1-4,9H,5,26H2,(H,27,28)/t9-/m0/s1. The van der Waals surface area contributed by atoms with Gasteiger partial charge in [0.25, 0.3) is 0 Å². The van der Waals surface area contributed by atoms with Gasteiger partial charge in [-0.25, -0.2) is 17.6 Å². The highest BCUT2D eigenvalue weighted by Gasteiger charge is 2.42. The van der Waals surface area contributed by atoms with Crippen molar-refractivity contribution in [1.82, 2.24) is 0 Å². The van der Waals surface area contributed by atoms with Crippen LogP contribution in [0.25, 0.3) is 0 Å². The molecule has 0 saturated heterocycles. The Balaban J connectivity index is 2.27. The zero-order chi connectivity index (χ0) is 21.2. The summed E-state index contributed by atoms with van der Waals surface area (Å²) in [7, 11) is 0. The Morgan fingerprint density at radius 2 is 1.54 bits per heavy atom. The first-order valence-corrected chi connectivity index (χ1v) is 7.46. The normalized spacial score (nSPS) is 12.4. The van der Waals surface area contributed by atoms with E-state index in [1.165, 1.54) is 29.6 Å². The van der Waals surface area contributed by atoms with Crippen LogP contribution in [-0.2, 0) is 17.4 Å². The number of amides is 1. The van der Waals surface area contributed by atoms with Gasteiger partial charge in [-0.2, -0.15) is 18.4 Å². The molecular weight excluding hydrogens is 395 g/mol. The zero-order valence-corrected chi connectivity index (χ0v) is 13.7. The molecule has 28 heavy (non-hydrogen) atoms. The zero-order valence-electron chi connectivity index (χ0n) is 13.7. The van der Waals surface area contributed by atoms with Crippen LogP contribution in [0, 0.1) is 34.6 Å². The van der Waals surface area contributed by atoms with Crippen molar-refractivity contribution in [2.75, 3.05) is 5.32 Å². The second-order valence-corrected chi connectivity index (χ2v) is 5.61. The van der Waals surface area contributed by atoms with Crippen molar-refractivity contribution in [3.8, 4) is 6.07 Å². The molecule has 1 amide bonds. The maximum Gasteiger partial charge on any atom is 0.422 e. The Labute approximate surface area is 153 Å². The molecule has 0 aliphatic carbocycles. The Morgan fingerprint density at radius 1 is 1.04 bits per heavy atom. The van der Waals surface area contributed by atoms with Crippen LogP contribution >= 0.6 is 0 Å². The SMILES string of the molecule is N#Cc1ccc(C[C@H](N)C(=O)Nc2c(F)c(F)c(C(F)(F)F)c(F)c2F)cc1. The topological polar surface area (TPSA) is 78.9 Å². The molecule has 0 aliphatic rings. The first-order chi connectivity index (χ1) is 13.0. The number of nitriles is 1. The molecule has 2 aromatic rings. The largest absolute Gasteiger partial charge is 0.422 e. The van der Waals surface area contributed by atoms with Gasteiger partial charge in [0.05, 0.1) is 17.7 Å². The molecule has 0 aliphatic heterocycles. The van der Waals surface area contributed by atoms with Gasteiger partial charge in [0.2, 0.25) is 5.91 Å². The molecule has 0 fully saturated rings. The van der Waals surface area contributed by atoms with Gasteiger partial charge >= 0.3 is 6.18 Å². The molecule has 2 rings (SSSR count). The van der Waals surface area contributed by atoms with E-state index in [4.69, 9.17) is 11.0 Å². The van der Waals surface area contributed by atoms with Gasteiger partial charge in [0.1, 0.15) is 11.3 Å². The fourth-order valence-corrected chi connectivity index (χ4v) is 2.27. The quantitative estimate of drug-likeness (QED) is 0.602. The summed E-state index contributed by atoms with van der Waals surface area (Å²) in [5, 5.41) is 10.2. The van der Waals surface area contributed by atoms with Crippen LogP contribution in [0.4, 0.5) is 36.4 Å². The number of halogens is 7. The minimum absolute atomic E-state index is 0.188. The number of nitrogens with two attached hydrogens (primary N) is 1. The molecule has 0 spiro atoms. The van der Waals surface area contributed by atoms with Crippen molar-refractivity contribution in [3.63, 3.8) is 0 Å². The smallest absolute Gasteiger partial charge is 0.320 e. The van der Waals surface area contributed by atoms with E-state index in [0.29, 0.717) is 11.1 Å². The van der Waals surface area contributed by atoms with Crippen LogP contribution < -0.4 is 11.1 Å². The van der Waals surface area contributed by atoms with Gasteiger partial charge in [-0.3, -0.25) is 4.79 Å². The van der Waals surface area contributed by atoms with Crippen LogP contribution in [0.2, 0.25) is 0 Å². The summed E-state index contributed by atoms with van der Waals surface area (Å²) >= 11 is 0. The van der Waals surface area contributed by atoms with Crippen molar-refractivity contribution < 1.29 is 35.5 Å². The summed E-state index contributed by atoms with van der Waals surface area (Å²) in [6.45, 7) is 0. The molecule has 2 aromatic carbocycles. The Morgan fingerprint density at radius 3 is 1.96 bits per heavy atom. The number of carbonyl (C=O) groups excluding carboxylic acids is 1. The number of hydrogen-bond acceptors (Lipinski definition) is 3. The van der Waals surface area contributed by atoms with E-state index >= 15 is 0 Å². The molecule has 3 N–H and O–H groups in total. The molecule has 1 atom stereocenters. The molecule has 0 unspecified atom stereocenters. The third-order valence-corrected chi connectivity index (χ3v) is 3.67. The van der Waals surface area contributed by atoms with E-state index in [1.54, 1.807) is 0 Å². The lowest BCUT2D eigenvalue weighted by Crippen LogP contribution is -2.38. The summed E-state index contributed by atoms with van der Waals surface area (Å²) in [5.41, 5.74) is 1.86. The van der Waals surface area contributed by atoms with Crippen LogP contribution in [0.1, 0.15) is 16.7 Å².